The molecule has 0 saturated carbocycles. The van der Waals surface area contributed by atoms with Crippen LogP contribution in [0.2, 0.25) is 18.1 Å². The fraction of sp³-hybridized carbons (Fsp3) is 0.667. The first kappa shape index (κ1) is 16.4. The quantitative estimate of drug-likeness (QED) is 0.482. The van der Waals surface area contributed by atoms with Crippen LogP contribution in [0.5, 0.6) is 0 Å². The molecule has 1 fully saturated rings. The van der Waals surface area contributed by atoms with Gasteiger partial charge >= 0.3 is 6.03 Å². The van der Waals surface area contributed by atoms with Gasteiger partial charge in [0.15, 0.2) is 8.32 Å². The van der Waals surface area contributed by atoms with Crippen LogP contribution < -0.4 is 5.32 Å². The number of rotatable bonds is 4. The lowest BCUT2D eigenvalue weighted by molar-refractivity contribution is -0.123. The summed E-state index contributed by atoms with van der Waals surface area (Å²) in [6.07, 6.45) is 0. The van der Waals surface area contributed by atoms with E-state index in [1.165, 1.54) is 9.89 Å². The minimum atomic E-state index is -1.84. The summed E-state index contributed by atoms with van der Waals surface area (Å²) < 4.78 is 5.96. The average Bonchev–Trinajstić information content (AvgIpc) is 2.54. The number of carbonyl (C=O) groups is 2. The highest BCUT2D eigenvalue weighted by molar-refractivity contribution is 9.11. The molecule has 0 spiro atoms. The van der Waals surface area contributed by atoms with Crippen molar-refractivity contribution in [2.45, 2.75) is 38.9 Å². The van der Waals surface area contributed by atoms with Crippen LogP contribution in [0.3, 0.4) is 0 Å². The first-order valence-electron chi connectivity index (χ1n) is 6.17. The Morgan fingerprint density at radius 2 is 1.95 bits per heavy atom. The molecule has 1 saturated heterocycles. The van der Waals surface area contributed by atoms with Crippen molar-refractivity contribution in [3.05, 3.63) is 10.7 Å². The first-order valence-corrected chi connectivity index (χ1v) is 10.00. The number of carbonyl (C=O) groups excluding carboxylic acids is 2. The Bertz CT molecular complexity index is 416. The second-order valence-corrected chi connectivity index (χ2v) is 11.3. The summed E-state index contributed by atoms with van der Waals surface area (Å²) in [5.74, 6) is -0.319. The van der Waals surface area contributed by atoms with E-state index >= 15 is 0 Å². The van der Waals surface area contributed by atoms with E-state index in [1.54, 1.807) is 0 Å². The van der Waals surface area contributed by atoms with Crippen molar-refractivity contribution in [3.8, 4) is 0 Å². The summed E-state index contributed by atoms with van der Waals surface area (Å²) in [5.41, 5.74) is 0.261. The molecule has 7 heteroatoms. The molecule has 19 heavy (non-hydrogen) atoms. The summed E-state index contributed by atoms with van der Waals surface area (Å²) >= 11 is 3.05. The smallest absolute Gasteiger partial charge is 0.329 e. The van der Waals surface area contributed by atoms with Gasteiger partial charge in [-0.05, 0) is 18.1 Å². The molecule has 5 nitrogen and oxygen atoms in total. The number of halogens is 1. The third-order valence-corrected chi connectivity index (χ3v) is 8.65. The van der Waals surface area contributed by atoms with Crippen molar-refractivity contribution in [2.24, 2.45) is 0 Å². The minimum Gasteiger partial charge on any atom is -0.415 e. The number of amides is 3. The molecule has 3 amide bonds. The summed E-state index contributed by atoms with van der Waals surface area (Å²) in [5, 5.41) is 2.61. The molecule has 1 aliphatic rings. The molecule has 0 bridgehead atoms. The molecule has 0 radical (unpaired) electrons. The number of urea groups is 1. The van der Waals surface area contributed by atoms with E-state index in [9.17, 15) is 9.59 Å². The third-order valence-electron chi connectivity index (χ3n) is 3.66. The van der Waals surface area contributed by atoms with Gasteiger partial charge in [-0.3, -0.25) is 9.69 Å². The topological polar surface area (TPSA) is 58.6 Å². The molecule has 1 N–H and O–H groups in total. The maximum Gasteiger partial charge on any atom is 0.329 e. The molecule has 0 aromatic carbocycles. The van der Waals surface area contributed by atoms with Crippen LogP contribution >= 0.6 is 15.9 Å². The summed E-state index contributed by atoms with van der Waals surface area (Å²) in [4.78, 5) is 26.0. The van der Waals surface area contributed by atoms with Gasteiger partial charge in [0.05, 0.1) is 13.2 Å². The second kappa shape index (κ2) is 5.76. The van der Waals surface area contributed by atoms with E-state index in [1.807, 2.05) is 0 Å². The molecular weight excluding hydrogens is 328 g/mol. The predicted octanol–water partition coefficient (Wildman–Crippen LogP) is 2.80. The molecule has 1 heterocycles. The van der Waals surface area contributed by atoms with E-state index in [-0.39, 0.29) is 23.2 Å². The van der Waals surface area contributed by atoms with Crippen molar-refractivity contribution in [3.63, 3.8) is 0 Å². The zero-order chi connectivity index (χ0) is 14.8. The van der Waals surface area contributed by atoms with Crippen molar-refractivity contribution in [1.29, 1.82) is 0 Å². The van der Waals surface area contributed by atoms with E-state index in [0.29, 0.717) is 6.61 Å². The highest BCUT2D eigenvalue weighted by Crippen LogP contribution is 2.36. The SMILES string of the molecule is CC(C)(C)[Si](C)(C)OCCN1C(=O)N/C(=C\Br)C1=O. The Hall–Kier alpha value is -0.663. The van der Waals surface area contributed by atoms with Gasteiger partial charge in [-0.1, -0.05) is 36.7 Å². The number of imide groups is 1. The zero-order valence-electron chi connectivity index (χ0n) is 12.0. The van der Waals surface area contributed by atoms with E-state index < -0.39 is 14.3 Å². The summed E-state index contributed by atoms with van der Waals surface area (Å²) in [7, 11) is -1.84. The molecule has 0 unspecified atom stereocenters. The van der Waals surface area contributed by atoms with Gasteiger partial charge in [-0.2, -0.15) is 0 Å². The van der Waals surface area contributed by atoms with Gasteiger partial charge in [0.1, 0.15) is 5.70 Å². The standard InChI is InChI=1S/C12H21BrN2O3Si/c1-12(2,3)19(4,5)18-7-6-15-10(16)9(8-13)14-11(15)17/h8H,6-7H2,1-5H3,(H,14,17)/b9-8-. The molecule has 0 aliphatic carbocycles. The third kappa shape index (κ3) is 3.67. The molecule has 0 aromatic heterocycles. The van der Waals surface area contributed by atoms with Crippen molar-refractivity contribution in [2.75, 3.05) is 13.2 Å². The molecule has 108 valence electrons. The maximum atomic E-state index is 11.8. The Morgan fingerprint density at radius 1 is 1.37 bits per heavy atom. The van der Waals surface area contributed by atoms with Crippen LogP contribution in [0.15, 0.2) is 10.7 Å². The highest BCUT2D eigenvalue weighted by Gasteiger charge is 2.38. The van der Waals surface area contributed by atoms with Gasteiger partial charge in [-0.15, -0.1) is 0 Å². The predicted molar refractivity (Wildman–Crippen MR) is 80.4 cm³/mol. The normalized spacial score (nSPS) is 19.3. The molecule has 0 aromatic rings. The maximum absolute atomic E-state index is 11.8. The Morgan fingerprint density at radius 3 is 2.37 bits per heavy atom. The zero-order valence-corrected chi connectivity index (χ0v) is 14.6. The second-order valence-electron chi connectivity index (χ2n) is 6.02. The molecule has 1 rings (SSSR count). The van der Waals surface area contributed by atoms with Crippen LogP contribution in [0, 0.1) is 0 Å². The average molecular weight is 349 g/mol. The van der Waals surface area contributed by atoms with Crippen molar-refractivity contribution in [1.82, 2.24) is 10.2 Å². The summed E-state index contributed by atoms with van der Waals surface area (Å²) in [6.45, 7) is 11.4. The van der Waals surface area contributed by atoms with Crippen molar-refractivity contribution < 1.29 is 14.0 Å². The van der Waals surface area contributed by atoms with E-state index in [2.05, 4.69) is 55.1 Å². The number of nitrogens with one attached hydrogen (secondary N) is 1. The van der Waals surface area contributed by atoms with Gasteiger partial charge in [0, 0.05) is 4.99 Å². The first-order chi connectivity index (χ1) is 8.60. The van der Waals surface area contributed by atoms with Crippen LogP contribution in [-0.2, 0) is 9.22 Å². The van der Waals surface area contributed by atoms with Gasteiger partial charge < -0.3 is 9.74 Å². The lowest BCUT2D eigenvalue weighted by atomic mass is 10.2. The molecule has 1 aliphatic heterocycles. The van der Waals surface area contributed by atoms with Crippen LogP contribution in [0.1, 0.15) is 20.8 Å². The summed E-state index contributed by atoms with van der Waals surface area (Å²) in [6, 6.07) is -0.394. The van der Waals surface area contributed by atoms with E-state index in [0.717, 1.165) is 0 Å². The van der Waals surface area contributed by atoms with Crippen LogP contribution in [0.4, 0.5) is 4.79 Å². The van der Waals surface area contributed by atoms with Crippen LogP contribution in [0.25, 0.3) is 0 Å². The molecule has 0 atom stereocenters. The van der Waals surface area contributed by atoms with E-state index in [4.69, 9.17) is 4.43 Å². The monoisotopic (exact) mass is 348 g/mol. The van der Waals surface area contributed by atoms with Gasteiger partial charge in [-0.25, -0.2) is 4.79 Å². The Labute approximate surface area is 123 Å². The number of hydrogen-bond acceptors (Lipinski definition) is 3. The lowest BCUT2D eigenvalue weighted by Crippen LogP contribution is -2.43. The fourth-order valence-corrected chi connectivity index (χ4v) is 2.70. The van der Waals surface area contributed by atoms with Gasteiger partial charge in [0.2, 0.25) is 0 Å². The van der Waals surface area contributed by atoms with Gasteiger partial charge in [0.25, 0.3) is 5.91 Å². The highest BCUT2D eigenvalue weighted by atomic mass is 79.9. The van der Waals surface area contributed by atoms with Crippen molar-refractivity contribution >= 4 is 36.2 Å². The minimum absolute atomic E-state index is 0.116. The Balaban J connectivity index is 2.55. The largest absolute Gasteiger partial charge is 0.415 e. The molecular formula is C12H21BrN2O3Si. The van der Waals surface area contributed by atoms with Crippen LogP contribution in [-0.4, -0.2) is 38.3 Å². The lowest BCUT2D eigenvalue weighted by Gasteiger charge is -2.36. The fourth-order valence-electron chi connectivity index (χ4n) is 1.36. The Kier molecular flexibility index (Phi) is 4.97. The number of nitrogens with zero attached hydrogens (tertiary/aromatic N) is 1. The number of hydrogen-bond donors (Lipinski definition) is 1.